The third kappa shape index (κ3) is 6.44. The van der Waals surface area contributed by atoms with Crippen molar-refractivity contribution in [2.45, 2.75) is 62.1 Å². The lowest BCUT2D eigenvalue weighted by molar-refractivity contribution is -0.196. The second-order valence-electron chi connectivity index (χ2n) is 16.2. The fourth-order valence-corrected chi connectivity index (χ4v) is 9.40. The molecular weight excluding hydrogens is 772 g/mol. The van der Waals surface area contributed by atoms with E-state index >= 15 is 4.39 Å². The van der Waals surface area contributed by atoms with E-state index in [2.05, 4.69) is 25.1 Å². The van der Waals surface area contributed by atoms with Crippen LogP contribution in [0.2, 0.25) is 0 Å². The van der Waals surface area contributed by atoms with Crippen molar-refractivity contribution >= 4 is 46.2 Å². The smallest absolute Gasteiger partial charge is 0.262 e. The largest absolute Gasteiger partial charge is 0.457 e. The monoisotopic (exact) mass is 814 g/mol. The number of nitrogen functional groups attached to an aromatic ring is 1. The molecule has 1 unspecified atom stereocenters. The predicted octanol–water partition coefficient (Wildman–Crippen LogP) is 3.53. The number of alkyl halides is 1. The summed E-state index contributed by atoms with van der Waals surface area (Å²) in [5, 5.41) is 19.7. The Morgan fingerprint density at radius 3 is 2.30 bits per heavy atom. The molecule has 4 fully saturated rings. The van der Waals surface area contributed by atoms with Gasteiger partial charge >= 0.3 is 0 Å². The first kappa shape index (κ1) is 37.9. The first-order valence-corrected chi connectivity index (χ1v) is 20.3. The zero-order valence-corrected chi connectivity index (χ0v) is 32.6. The summed E-state index contributed by atoms with van der Waals surface area (Å²) in [6.07, 6.45) is 1.60. The van der Waals surface area contributed by atoms with Crippen molar-refractivity contribution in [1.29, 1.82) is 0 Å². The highest BCUT2D eigenvalue weighted by Crippen LogP contribution is 2.39. The summed E-state index contributed by atoms with van der Waals surface area (Å²) in [6.45, 7) is 2.74. The van der Waals surface area contributed by atoms with E-state index < -0.39 is 41.6 Å². The highest BCUT2D eigenvalue weighted by atomic mass is 19.1. The Labute approximate surface area is 343 Å². The minimum Gasteiger partial charge on any atom is -0.457 e. The summed E-state index contributed by atoms with van der Waals surface area (Å²) in [5.74, 6) is -0.424. The van der Waals surface area contributed by atoms with Crippen LogP contribution in [0.15, 0.2) is 79.1 Å². The second-order valence-corrected chi connectivity index (χ2v) is 16.2. The normalized spacial score (nSPS) is 24.5. The van der Waals surface area contributed by atoms with Gasteiger partial charge in [0.2, 0.25) is 11.8 Å². The standard InChI is InChI=1S/C43H43FN10O6/c44-34-23-50(28-21-51(22-28)27-8-11-31-32(20-27)42(58)53(41(31)57)33-12-13-35(55)48-40(33)56)19-16-43(34,59)52-17-14-26(15-18-52)54-39-36(38(45)46-24-47-39)37(49-54)25-6-9-30(10-7-25)60-29-4-2-1-3-5-29/h1-11,20,24,26,28,33-34,59H,12-19,21-23H2,(H2,45,46,47)(H,48,55,56)/t33?,34-,43-/m0/s1. The molecule has 0 saturated carbocycles. The zero-order valence-electron chi connectivity index (χ0n) is 32.6. The summed E-state index contributed by atoms with van der Waals surface area (Å²) >= 11 is 0. The van der Waals surface area contributed by atoms with Gasteiger partial charge in [-0.25, -0.2) is 19.0 Å². The molecule has 0 bridgehead atoms. The Morgan fingerprint density at radius 1 is 0.833 bits per heavy atom. The van der Waals surface area contributed by atoms with Gasteiger partial charge in [0, 0.05) is 69.4 Å². The fourth-order valence-electron chi connectivity index (χ4n) is 9.40. The number of nitrogens with two attached hydrogens (primary N) is 1. The molecule has 7 heterocycles. The van der Waals surface area contributed by atoms with Crippen LogP contribution in [0.4, 0.5) is 15.9 Å². The number of piperidine rings is 3. The molecule has 4 saturated heterocycles. The molecule has 60 heavy (non-hydrogen) atoms. The molecule has 5 aliphatic heterocycles. The lowest BCUT2D eigenvalue weighted by Crippen LogP contribution is -2.68. The highest BCUT2D eigenvalue weighted by Gasteiger charge is 2.50. The maximum atomic E-state index is 16.2. The Kier molecular flexibility index (Phi) is 9.33. The molecule has 2 aromatic heterocycles. The Hall–Kier alpha value is -6.30. The SMILES string of the molecule is Nc1ncnc2c1c(-c1ccc(Oc3ccccc3)cc1)nn2C1CCN([C@]2(O)CCN(C3CN(c4ccc5c(c4)C(=O)N(C4CCC(=O)NC4=O)C5=O)C3)C[C@@H]2F)CC1. The molecule has 5 aromatic rings. The van der Waals surface area contributed by atoms with Crippen LogP contribution in [0.3, 0.4) is 0 Å². The van der Waals surface area contributed by atoms with E-state index in [-0.39, 0.29) is 49.0 Å². The van der Waals surface area contributed by atoms with Gasteiger partial charge in [0.25, 0.3) is 11.8 Å². The zero-order chi connectivity index (χ0) is 41.3. The van der Waals surface area contributed by atoms with E-state index in [1.165, 1.54) is 6.33 Å². The van der Waals surface area contributed by atoms with Crippen LogP contribution < -0.4 is 20.7 Å². The Balaban J connectivity index is 0.760. The second kappa shape index (κ2) is 14.8. The van der Waals surface area contributed by atoms with E-state index in [4.69, 9.17) is 15.6 Å². The van der Waals surface area contributed by atoms with Crippen LogP contribution in [0, 0.1) is 0 Å². The first-order valence-electron chi connectivity index (χ1n) is 20.3. The van der Waals surface area contributed by atoms with Crippen LogP contribution >= 0.6 is 0 Å². The number of ether oxygens (including phenoxy) is 1. The van der Waals surface area contributed by atoms with Crippen LogP contribution in [-0.4, -0.2) is 126 Å². The van der Waals surface area contributed by atoms with E-state index in [0.29, 0.717) is 73.9 Å². The number of hydrogen-bond donors (Lipinski definition) is 3. The predicted molar refractivity (Wildman–Crippen MR) is 217 cm³/mol. The minimum absolute atomic E-state index is 0.0494. The van der Waals surface area contributed by atoms with Crippen molar-refractivity contribution in [2.75, 3.05) is 49.9 Å². The first-order chi connectivity index (χ1) is 29.1. The molecule has 0 radical (unpaired) electrons. The van der Waals surface area contributed by atoms with E-state index in [9.17, 15) is 24.3 Å². The molecule has 17 heteroatoms. The maximum absolute atomic E-state index is 16.2. The van der Waals surface area contributed by atoms with Crippen molar-refractivity contribution in [3.63, 3.8) is 0 Å². The molecule has 16 nitrogen and oxygen atoms in total. The lowest BCUT2D eigenvalue weighted by Gasteiger charge is -2.53. The highest BCUT2D eigenvalue weighted by molar-refractivity contribution is 6.23. The van der Waals surface area contributed by atoms with Gasteiger partial charge in [-0.15, -0.1) is 0 Å². The maximum Gasteiger partial charge on any atom is 0.262 e. The van der Waals surface area contributed by atoms with Gasteiger partial charge in [0.1, 0.15) is 35.4 Å². The topological polar surface area (TPSA) is 192 Å². The number of nitrogens with zero attached hydrogens (tertiary/aromatic N) is 8. The van der Waals surface area contributed by atoms with Crippen molar-refractivity contribution in [2.24, 2.45) is 0 Å². The number of fused-ring (bicyclic) bond motifs is 2. The number of carbonyl (C=O) groups excluding carboxylic acids is 4. The quantitative estimate of drug-likeness (QED) is 0.193. The average molecular weight is 815 g/mol. The number of aromatic nitrogens is 4. The van der Waals surface area contributed by atoms with E-state index in [0.717, 1.165) is 21.9 Å². The van der Waals surface area contributed by atoms with Gasteiger partial charge < -0.3 is 20.5 Å². The number of aliphatic hydroxyl groups is 1. The number of rotatable bonds is 8. The number of carbonyl (C=O) groups is 4. The molecule has 10 rings (SSSR count). The molecule has 3 aromatic carbocycles. The third-order valence-electron chi connectivity index (χ3n) is 12.8. The summed E-state index contributed by atoms with van der Waals surface area (Å²) < 4.78 is 24.0. The molecule has 5 aliphatic rings. The number of amides is 4. The number of benzene rings is 3. The summed E-state index contributed by atoms with van der Waals surface area (Å²) in [7, 11) is 0. The van der Waals surface area contributed by atoms with Crippen molar-refractivity contribution in [1.82, 2.24) is 39.8 Å². The van der Waals surface area contributed by atoms with Gasteiger partial charge in [0.15, 0.2) is 17.5 Å². The number of nitrogens with one attached hydrogen (secondary N) is 1. The number of anilines is 2. The number of likely N-dealkylation sites (tertiary alicyclic amines) is 2. The number of hydrogen-bond acceptors (Lipinski definition) is 13. The van der Waals surface area contributed by atoms with Crippen molar-refractivity contribution in [3.05, 3.63) is 90.3 Å². The number of para-hydroxylation sites is 1. The van der Waals surface area contributed by atoms with Gasteiger partial charge in [-0.2, -0.15) is 5.10 Å². The molecule has 308 valence electrons. The Morgan fingerprint density at radius 2 is 1.57 bits per heavy atom. The molecule has 3 atom stereocenters. The third-order valence-corrected chi connectivity index (χ3v) is 12.8. The minimum atomic E-state index is -1.60. The van der Waals surface area contributed by atoms with Crippen LogP contribution in [0.25, 0.3) is 22.3 Å². The summed E-state index contributed by atoms with van der Waals surface area (Å²) in [4.78, 5) is 66.4. The number of halogens is 1. The van der Waals surface area contributed by atoms with Gasteiger partial charge in [-0.3, -0.25) is 39.2 Å². The van der Waals surface area contributed by atoms with Crippen molar-refractivity contribution in [3.8, 4) is 22.8 Å². The Bertz CT molecular complexity index is 2520. The van der Waals surface area contributed by atoms with Gasteiger partial charge in [-0.05, 0) is 73.9 Å². The van der Waals surface area contributed by atoms with Crippen LogP contribution in [0.5, 0.6) is 11.5 Å². The summed E-state index contributed by atoms with van der Waals surface area (Å²) in [6, 6.07) is 21.2. The van der Waals surface area contributed by atoms with Gasteiger partial charge in [0.05, 0.1) is 22.6 Å². The van der Waals surface area contributed by atoms with Crippen LogP contribution in [-0.2, 0) is 9.59 Å². The lowest BCUT2D eigenvalue weighted by atomic mass is 9.91. The summed E-state index contributed by atoms with van der Waals surface area (Å²) in [5.41, 5.74) is 8.14. The average Bonchev–Trinajstić information content (AvgIpc) is 3.75. The van der Waals surface area contributed by atoms with Gasteiger partial charge in [-0.1, -0.05) is 18.2 Å². The van der Waals surface area contributed by atoms with E-state index in [1.54, 1.807) is 18.2 Å². The molecule has 4 amide bonds. The molecular formula is C43H43FN10O6. The fraction of sp³-hybridized carbons (Fsp3) is 0.372. The molecule has 4 N–H and O–H groups in total. The van der Waals surface area contributed by atoms with E-state index in [1.807, 2.05) is 64.2 Å². The molecule has 0 spiro atoms. The number of imide groups is 2. The molecule has 0 aliphatic carbocycles. The van der Waals surface area contributed by atoms with Crippen LogP contribution in [0.1, 0.15) is 58.9 Å². The van der Waals surface area contributed by atoms with Crippen molar-refractivity contribution < 1.29 is 33.4 Å².